The number of aliphatic hydroxyl groups excluding tert-OH is 1. The number of aliphatic hydroxyl groups is 1. The van der Waals surface area contributed by atoms with Crippen molar-refractivity contribution in [2.75, 3.05) is 0 Å². The molecule has 5 nitrogen and oxygen atoms in total. The first-order valence-electron chi connectivity index (χ1n) is 4.13. The van der Waals surface area contributed by atoms with Gasteiger partial charge in [0.25, 0.3) is 0 Å². The molecule has 0 aromatic heterocycles. The maximum atomic E-state index is 11.1. The van der Waals surface area contributed by atoms with Crippen molar-refractivity contribution in [3.05, 3.63) is 0 Å². The van der Waals surface area contributed by atoms with Crippen LogP contribution in [-0.2, 0) is 19.1 Å². The van der Waals surface area contributed by atoms with Gasteiger partial charge in [0, 0.05) is 13.3 Å². The summed E-state index contributed by atoms with van der Waals surface area (Å²) in [6.45, 7) is 1.24. The second kappa shape index (κ2) is 2.78. The van der Waals surface area contributed by atoms with E-state index in [1.807, 2.05) is 0 Å². The molecule has 0 aromatic rings. The summed E-state index contributed by atoms with van der Waals surface area (Å²) in [6, 6.07) is 0. The molecule has 5 heteroatoms. The number of fused-ring (bicyclic) bond motifs is 2. The van der Waals surface area contributed by atoms with Crippen LogP contribution < -0.4 is 0 Å². The van der Waals surface area contributed by atoms with Gasteiger partial charge in [0.15, 0.2) is 18.0 Å². The lowest BCUT2D eigenvalue weighted by atomic mass is 9.94. The average molecular weight is 186 g/mol. The number of carbonyl (C=O) groups excluding carboxylic acids is 2. The largest absolute Gasteiger partial charge is 0.456 e. The van der Waals surface area contributed by atoms with Crippen molar-refractivity contribution in [3.63, 3.8) is 0 Å². The molecular weight excluding hydrogens is 176 g/mol. The summed E-state index contributed by atoms with van der Waals surface area (Å²) < 4.78 is 9.93. The molecule has 2 bridgehead atoms. The smallest absolute Gasteiger partial charge is 0.303 e. The molecule has 2 saturated heterocycles. The van der Waals surface area contributed by atoms with Gasteiger partial charge in [-0.3, -0.25) is 9.59 Å². The fourth-order valence-corrected chi connectivity index (χ4v) is 1.80. The van der Waals surface area contributed by atoms with Crippen molar-refractivity contribution < 1.29 is 24.2 Å². The maximum absolute atomic E-state index is 11.1. The zero-order valence-corrected chi connectivity index (χ0v) is 7.10. The minimum Gasteiger partial charge on any atom is -0.456 e. The highest BCUT2D eigenvalue weighted by atomic mass is 16.6. The van der Waals surface area contributed by atoms with Crippen LogP contribution in [-0.4, -0.2) is 41.3 Å². The Kier molecular flexibility index (Phi) is 1.85. The summed E-state index contributed by atoms with van der Waals surface area (Å²) in [4.78, 5) is 21.8. The molecule has 0 aliphatic carbocycles. The van der Waals surface area contributed by atoms with Gasteiger partial charge in [0.2, 0.25) is 0 Å². The predicted octanol–water partition coefficient (Wildman–Crippen LogP) is -0.981. The number of carbonyl (C=O) groups is 2. The third kappa shape index (κ3) is 1.24. The van der Waals surface area contributed by atoms with E-state index in [0.717, 1.165) is 0 Å². The van der Waals surface area contributed by atoms with Crippen LogP contribution in [0.5, 0.6) is 0 Å². The topological polar surface area (TPSA) is 72.8 Å². The Morgan fingerprint density at radius 3 is 2.92 bits per heavy atom. The first kappa shape index (κ1) is 8.65. The average Bonchev–Trinajstić information content (AvgIpc) is 2.51. The van der Waals surface area contributed by atoms with Crippen molar-refractivity contribution in [1.82, 2.24) is 0 Å². The van der Waals surface area contributed by atoms with Gasteiger partial charge >= 0.3 is 5.97 Å². The first-order valence-corrected chi connectivity index (χ1v) is 4.13. The van der Waals surface area contributed by atoms with Crippen molar-refractivity contribution in [2.45, 2.75) is 37.8 Å². The van der Waals surface area contributed by atoms with E-state index in [1.165, 1.54) is 6.92 Å². The van der Waals surface area contributed by atoms with Crippen LogP contribution in [0.3, 0.4) is 0 Å². The molecule has 2 aliphatic rings. The van der Waals surface area contributed by atoms with Crippen LogP contribution in [0.2, 0.25) is 0 Å². The molecule has 0 amide bonds. The van der Waals surface area contributed by atoms with E-state index in [2.05, 4.69) is 0 Å². The van der Waals surface area contributed by atoms with Gasteiger partial charge in [-0.1, -0.05) is 0 Å². The molecule has 1 N–H and O–H groups in total. The van der Waals surface area contributed by atoms with E-state index < -0.39 is 30.4 Å². The Balaban J connectivity index is 2.11. The second-order valence-corrected chi connectivity index (χ2v) is 3.33. The van der Waals surface area contributed by atoms with Crippen LogP contribution in [0.1, 0.15) is 13.3 Å². The van der Waals surface area contributed by atoms with Crippen molar-refractivity contribution in [3.8, 4) is 0 Å². The van der Waals surface area contributed by atoms with Crippen LogP contribution in [0.15, 0.2) is 0 Å². The van der Waals surface area contributed by atoms with E-state index in [4.69, 9.17) is 9.47 Å². The molecule has 2 heterocycles. The maximum Gasteiger partial charge on any atom is 0.303 e. The second-order valence-electron chi connectivity index (χ2n) is 3.33. The van der Waals surface area contributed by atoms with E-state index in [-0.39, 0.29) is 12.2 Å². The zero-order chi connectivity index (χ0) is 9.59. The Bertz CT molecular complexity index is 261. The lowest BCUT2D eigenvalue weighted by molar-refractivity contribution is -0.155. The van der Waals surface area contributed by atoms with Gasteiger partial charge in [-0.25, -0.2) is 0 Å². The summed E-state index contributed by atoms with van der Waals surface area (Å²) in [5.74, 6) is -0.602. The summed E-state index contributed by atoms with van der Waals surface area (Å²) in [7, 11) is 0. The predicted molar refractivity (Wildman–Crippen MR) is 39.8 cm³/mol. The zero-order valence-electron chi connectivity index (χ0n) is 7.10. The van der Waals surface area contributed by atoms with Crippen molar-refractivity contribution in [2.24, 2.45) is 0 Å². The fraction of sp³-hybridized carbons (Fsp3) is 0.750. The SMILES string of the molecule is CC(=O)O[C@@H]1[C@@H](O)[C@@H]2CC(=O)[C@H]1O2. The molecule has 72 valence electrons. The van der Waals surface area contributed by atoms with Crippen LogP contribution in [0, 0.1) is 0 Å². The van der Waals surface area contributed by atoms with Gasteiger partial charge in [0.1, 0.15) is 6.10 Å². The van der Waals surface area contributed by atoms with Gasteiger partial charge in [-0.2, -0.15) is 0 Å². The minimum atomic E-state index is -0.855. The number of hydrogen-bond donors (Lipinski definition) is 1. The van der Waals surface area contributed by atoms with Gasteiger partial charge in [0.05, 0.1) is 6.10 Å². The quantitative estimate of drug-likeness (QED) is 0.533. The monoisotopic (exact) mass is 186 g/mol. The van der Waals surface area contributed by atoms with Crippen molar-refractivity contribution in [1.29, 1.82) is 0 Å². The van der Waals surface area contributed by atoms with E-state index in [1.54, 1.807) is 0 Å². The molecule has 0 aromatic carbocycles. The molecule has 4 atom stereocenters. The summed E-state index contributed by atoms with van der Waals surface area (Å²) in [5, 5.41) is 9.49. The lowest BCUT2D eigenvalue weighted by Gasteiger charge is -2.22. The van der Waals surface area contributed by atoms with E-state index >= 15 is 0 Å². The molecule has 0 spiro atoms. The third-order valence-corrected chi connectivity index (χ3v) is 2.36. The van der Waals surface area contributed by atoms with Crippen LogP contribution in [0.4, 0.5) is 0 Å². The van der Waals surface area contributed by atoms with Gasteiger partial charge in [-0.15, -0.1) is 0 Å². The molecule has 2 fully saturated rings. The summed E-state index contributed by atoms with van der Waals surface area (Å²) in [6.07, 6.45) is -2.66. The Morgan fingerprint density at radius 1 is 1.69 bits per heavy atom. The molecule has 2 rings (SSSR count). The number of Topliss-reactive ketones (excluding diaryl/α,β-unsaturated/α-hetero) is 1. The van der Waals surface area contributed by atoms with Crippen molar-refractivity contribution >= 4 is 11.8 Å². The Morgan fingerprint density at radius 2 is 2.38 bits per heavy atom. The standard InChI is InChI=1S/C8H10O5/c1-3(9)12-8-6(11)5-2-4(10)7(8)13-5/h5-8,11H,2H2,1H3/t5-,6-,7+,8+/m0/s1. The van der Waals surface area contributed by atoms with Gasteiger partial charge in [-0.05, 0) is 0 Å². The molecule has 0 saturated carbocycles. The highest BCUT2D eigenvalue weighted by molar-refractivity contribution is 5.87. The number of hydrogen-bond acceptors (Lipinski definition) is 5. The number of rotatable bonds is 1. The highest BCUT2D eigenvalue weighted by Gasteiger charge is 2.55. The Labute approximate surface area is 74.6 Å². The molecule has 0 radical (unpaired) electrons. The Hall–Kier alpha value is -0.940. The fourth-order valence-electron chi connectivity index (χ4n) is 1.80. The lowest BCUT2D eigenvalue weighted by Crippen LogP contribution is -2.44. The van der Waals surface area contributed by atoms with E-state index in [0.29, 0.717) is 0 Å². The van der Waals surface area contributed by atoms with E-state index in [9.17, 15) is 14.7 Å². The third-order valence-electron chi connectivity index (χ3n) is 2.36. The number of esters is 1. The number of ether oxygens (including phenoxy) is 2. The summed E-state index contributed by atoms with van der Waals surface area (Å²) in [5.41, 5.74) is 0. The molecular formula is C8H10O5. The normalized spacial score (nSPS) is 42.5. The molecule has 13 heavy (non-hydrogen) atoms. The highest BCUT2D eigenvalue weighted by Crippen LogP contribution is 2.34. The van der Waals surface area contributed by atoms with Gasteiger partial charge < -0.3 is 14.6 Å². The molecule has 2 aliphatic heterocycles. The first-order chi connectivity index (χ1) is 6.09. The molecule has 0 unspecified atom stereocenters. The van der Waals surface area contributed by atoms with Crippen LogP contribution >= 0.6 is 0 Å². The minimum absolute atomic E-state index is 0.0958. The number of ketones is 1. The van der Waals surface area contributed by atoms with Crippen LogP contribution in [0.25, 0.3) is 0 Å². The summed E-state index contributed by atoms with van der Waals surface area (Å²) >= 11 is 0.